The number of hydrogen-bond acceptors (Lipinski definition) is 2. The number of rotatable bonds is 1. The molecule has 2 nitrogen and oxygen atoms in total. The molecule has 0 aromatic heterocycles. The summed E-state index contributed by atoms with van der Waals surface area (Å²) in [5.74, 6) is 1.03. The molecule has 3 N–H and O–H groups in total. The lowest BCUT2D eigenvalue weighted by Gasteiger charge is -2.17. The highest BCUT2D eigenvalue weighted by Gasteiger charge is 2.12. The molecule has 2 heteroatoms. The van der Waals surface area contributed by atoms with Gasteiger partial charge in [-0.25, -0.2) is 0 Å². The van der Waals surface area contributed by atoms with Gasteiger partial charge in [-0.05, 0) is 17.2 Å². The second kappa shape index (κ2) is 2.31. The molecular weight excluding hydrogens is 126 g/mol. The summed E-state index contributed by atoms with van der Waals surface area (Å²) in [6, 6.07) is 6.29. The maximum atomic E-state index is 5.09. The zero-order valence-corrected chi connectivity index (χ0v) is 6.05. The first-order valence-corrected chi connectivity index (χ1v) is 3.06. The molecule has 0 radical (unpaired) electrons. The number of ether oxygens (including phenoxy) is 1. The van der Waals surface area contributed by atoms with Crippen LogP contribution in [-0.4, -0.2) is 7.11 Å². The van der Waals surface area contributed by atoms with Crippen LogP contribution in [0.5, 0.6) is 5.75 Å². The molecule has 3 rings (SSSR count). The summed E-state index contributed by atoms with van der Waals surface area (Å²) in [6.45, 7) is 0. The smallest absolute Gasteiger partial charge is 0.122 e. The van der Waals surface area contributed by atoms with Crippen LogP contribution in [0.15, 0.2) is 18.2 Å². The van der Waals surface area contributed by atoms with Gasteiger partial charge in [0.2, 0.25) is 0 Å². The predicted molar refractivity (Wildman–Crippen MR) is 40.8 cm³/mol. The number of benzene rings is 1. The number of hydrogen-bond donors (Lipinski definition) is 1. The Hall–Kier alpha value is -1.02. The molecule has 0 saturated heterocycles. The zero-order chi connectivity index (χ0) is 6.27. The average Bonchev–Trinajstić information content (AvgIpc) is 1.86. The first-order valence-electron chi connectivity index (χ1n) is 3.06. The minimum atomic E-state index is 0. The van der Waals surface area contributed by atoms with Crippen molar-refractivity contribution in [2.24, 2.45) is 0 Å². The van der Waals surface area contributed by atoms with E-state index in [1.165, 1.54) is 11.1 Å². The highest BCUT2D eigenvalue weighted by molar-refractivity contribution is 5.47. The summed E-state index contributed by atoms with van der Waals surface area (Å²) in [5.41, 5.74) is 2.76. The monoisotopic (exact) mass is 137 g/mol. The minimum Gasteiger partial charge on any atom is -0.496 e. The molecule has 10 heavy (non-hydrogen) atoms. The second-order valence-corrected chi connectivity index (χ2v) is 2.32. The molecule has 1 aromatic carbocycles. The third-order valence-electron chi connectivity index (χ3n) is 1.74. The average molecular weight is 137 g/mol. The van der Waals surface area contributed by atoms with Crippen LogP contribution in [0, 0.1) is 0 Å². The van der Waals surface area contributed by atoms with E-state index < -0.39 is 0 Å². The van der Waals surface area contributed by atoms with Gasteiger partial charge in [0.05, 0.1) is 7.11 Å². The Morgan fingerprint density at radius 2 is 2.10 bits per heavy atom. The van der Waals surface area contributed by atoms with Crippen molar-refractivity contribution in [3.8, 4) is 5.75 Å². The Labute approximate surface area is 60.4 Å². The van der Waals surface area contributed by atoms with Gasteiger partial charge in [0, 0.05) is 6.42 Å². The summed E-state index contributed by atoms with van der Waals surface area (Å²) in [7, 11) is 1.71. The van der Waals surface area contributed by atoms with E-state index in [2.05, 4.69) is 12.1 Å². The van der Waals surface area contributed by atoms with Gasteiger partial charge in [0.25, 0.3) is 0 Å². The van der Waals surface area contributed by atoms with Crippen molar-refractivity contribution < 1.29 is 4.74 Å². The SMILES string of the molecule is COc1ccc2cc1C2.N. The summed E-state index contributed by atoms with van der Waals surface area (Å²) >= 11 is 0. The molecule has 2 bridgehead atoms. The first-order chi connectivity index (χ1) is 4.40. The van der Waals surface area contributed by atoms with E-state index in [1.807, 2.05) is 6.07 Å². The van der Waals surface area contributed by atoms with Crippen LogP contribution < -0.4 is 10.9 Å². The van der Waals surface area contributed by atoms with Crippen LogP contribution in [0.1, 0.15) is 11.1 Å². The number of fused-ring (bicyclic) bond motifs is 2. The largest absolute Gasteiger partial charge is 0.496 e. The molecule has 0 fully saturated rings. The molecule has 0 saturated carbocycles. The van der Waals surface area contributed by atoms with Gasteiger partial charge in [0.15, 0.2) is 0 Å². The van der Waals surface area contributed by atoms with Gasteiger partial charge in [0.1, 0.15) is 5.75 Å². The van der Waals surface area contributed by atoms with E-state index in [4.69, 9.17) is 4.74 Å². The molecule has 2 aliphatic rings. The van der Waals surface area contributed by atoms with Crippen molar-refractivity contribution in [2.45, 2.75) is 6.42 Å². The molecular formula is C8H11NO. The van der Waals surface area contributed by atoms with Crippen LogP contribution in [0.3, 0.4) is 0 Å². The van der Waals surface area contributed by atoms with Crippen LogP contribution >= 0.6 is 0 Å². The minimum absolute atomic E-state index is 0. The fourth-order valence-corrected chi connectivity index (χ4v) is 1.17. The van der Waals surface area contributed by atoms with E-state index in [9.17, 15) is 0 Å². The molecule has 2 aliphatic carbocycles. The van der Waals surface area contributed by atoms with Crippen molar-refractivity contribution in [3.63, 3.8) is 0 Å². The van der Waals surface area contributed by atoms with Gasteiger partial charge >= 0.3 is 0 Å². The third-order valence-corrected chi connectivity index (χ3v) is 1.74. The highest BCUT2D eigenvalue weighted by atomic mass is 16.5. The normalized spacial score (nSPS) is 11.3. The van der Waals surface area contributed by atoms with E-state index in [0.717, 1.165) is 12.2 Å². The van der Waals surface area contributed by atoms with E-state index in [0.29, 0.717) is 0 Å². The standard InChI is InChI=1S/C8H8O.H3N/c1-9-8-3-2-6-4-7(8)5-6;/h2-4H,5H2,1H3;1H3. The molecule has 1 aromatic rings. The molecule has 0 aliphatic heterocycles. The molecule has 0 atom stereocenters. The molecule has 0 amide bonds. The van der Waals surface area contributed by atoms with E-state index in [1.54, 1.807) is 7.11 Å². The van der Waals surface area contributed by atoms with Crippen LogP contribution in [0.2, 0.25) is 0 Å². The summed E-state index contributed by atoms with van der Waals surface area (Å²) in [5, 5.41) is 0. The third kappa shape index (κ3) is 0.772. The Balaban J connectivity index is 0.000000500. The molecule has 54 valence electrons. The lowest BCUT2D eigenvalue weighted by molar-refractivity contribution is 0.408. The van der Waals surface area contributed by atoms with Gasteiger partial charge in [-0.3, -0.25) is 0 Å². The van der Waals surface area contributed by atoms with Crippen LogP contribution in [0.4, 0.5) is 0 Å². The Kier molecular flexibility index (Phi) is 1.64. The second-order valence-electron chi connectivity index (χ2n) is 2.32. The fourth-order valence-electron chi connectivity index (χ4n) is 1.17. The van der Waals surface area contributed by atoms with Gasteiger partial charge < -0.3 is 10.9 Å². The quantitative estimate of drug-likeness (QED) is 0.650. The zero-order valence-electron chi connectivity index (χ0n) is 6.05. The topological polar surface area (TPSA) is 44.2 Å². The lowest BCUT2D eigenvalue weighted by Crippen LogP contribution is -2.02. The van der Waals surface area contributed by atoms with Crippen molar-refractivity contribution in [3.05, 3.63) is 29.3 Å². The lowest BCUT2D eigenvalue weighted by atomic mass is 9.92. The van der Waals surface area contributed by atoms with E-state index >= 15 is 0 Å². The Morgan fingerprint density at radius 1 is 1.40 bits per heavy atom. The van der Waals surface area contributed by atoms with Crippen molar-refractivity contribution in [1.82, 2.24) is 6.15 Å². The molecule has 0 spiro atoms. The summed E-state index contributed by atoms with van der Waals surface area (Å²) in [4.78, 5) is 0. The van der Waals surface area contributed by atoms with Crippen molar-refractivity contribution in [1.29, 1.82) is 0 Å². The van der Waals surface area contributed by atoms with Gasteiger partial charge in [-0.15, -0.1) is 0 Å². The number of methoxy groups -OCH3 is 1. The van der Waals surface area contributed by atoms with Gasteiger partial charge in [-0.1, -0.05) is 12.1 Å². The Bertz CT molecular complexity index is 241. The summed E-state index contributed by atoms with van der Waals surface area (Å²) < 4.78 is 5.09. The van der Waals surface area contributed by atoms with Crippen LogP contribution in [0.25, 0.3) is 0 Å². The molecule has 0 unspecified atom stereocenters. The Morgan fingerprint density at radius 3 is 2.40 bits per heavy atom. The highest BCUT2D eigenvalue weighted by Crippen LogP contribution is 2.30. The van der Waals surface area contributed by atoms with Gasteiger partial charge in [-0.2, -0.15) is 0 Å². The fraction of sp³-hybridized carbons (Fsp3) is 0.250. The summed E-state index contributed by atoms with van der Waals surface area (Å²) in [6.07, 6.45) is 1.11. The molecule has 0 heterocycles. The predicted octanol–water partition coefficient (Wildman–Crippen LogP) is 1.76. The van der Waals surface area contributed by atoms with Crippen LogP contribution in [-0.2, 0) is 6.42 Å². The maximum absolute atomic E-state index is 5.09. The van der Waals surface area contributed by atoms with E-state index in [-0.39, 0.29) is 6.15 Å². The van der Waals surface area contributed by atoms with Crippen molar-refractivity contribution >= 4 is 0 Å². The van der Waals surface area contributed by atoms with Crippen molar-refractivity contribution in [2.75, 3.05) is 7.11 Å². The maximum Gasteiger partial charge on any atom is 0.122 e. The first kappa shape index (κ1) is 7.09.